The molecule has 0 bridgehead atoms. The van der Waals surface area contributed by atoms with Crippen molar-refractivity contribution in [2.45, 2.75) is 18.9 Å². The van der Waals surface area contributed by atoms with E-state index in [1.807, 2.05) is 30.3 Å². The van der Waals surface area contributed by atoms with Gasteiger partial charge in [-0.05, 0) is 47.4 Å². The van der Waals surface area contributed by atoms with Gasteiger partial charge in [-0.15, -0.1) is 0 Å². The molecule has 3 aromatic rings. The Morgan fingerprint density at radius 1 is 1.24 bits per heavy atom. The third kappa shape index (κ3) is 2.34. The van der Waals surface area contributed by atoms with Crippen LogP contribution in [-0.4, -0.2) is 21.7 Å². The number of aromatic nitrogens is 3. The van der Waals surface area contributed by atoms with Crippen molar-refractivity contribution >= 4 is 26.8 Å². The molecule has 1 N–H and O–H groups in total. The molecule has 1 aliphatic heterocycles. The van der Waals surface area contributed by atoms with Crippen LogP contribution in [0.1, 0.15) is 24.8 Å². The van der Waals surface area contributed by atoms with Gasteiger partial charge >= 0.3 is 0 Å². The number of halogens is 1. The molecule has 1 fully saturated rings. The van der Waals surface area contributed by atoms with Gasteiger partial charge in [0.15, 0.2) is 0 Å². The average Bonchev–Trinajstić information content (AvgIpc) is 3.17. The van der Waals surface area contributed by atoms with E-state index >= 15 is 0 Å². The summed E-state index contributed by atoms with van der Waals surface area (Å²) in [5.41, 5.74) is 1.63. The average molecular weight is 345 g/mol. The first kappa shape index (κ1) is 12.9. The number of pyridine rings is 1. The number of para-hydroxylation sites is 1. The Labute approximate surface area is 129 Å². The highest BCUT2D eigenvalue weighted by Crippen LogP contribution is 2.29. The van der Waals surface area contributed by atoms with Crippen LogP contribution in [0.15, 0.2) is 39.3 Å². The van der Waals surface area contributed by atoms with Gasteiger partial charge in [0.05, 0.1) is 11.6 Å². The summed E-state index contributed by atoms with van der Waals surface area (Å²) in [5.74, 6) is 1.17. The molecule has 1 atom stereocenters. The molecule has 4 rings (SSSR count). The smallest absolute Gasteiger partial charge is 0.244 e. The van der Waals surface area contributed by atoms with Crippen LogP contribution in [-0.2, 0) is 0 Å². The Bertz CT molecular complexity index is 795. The largest absolute Gasteiger partial charge is 0.337 e. The highest BCUT2D eigenvalue weighted by Gasteiger charge is 2.23. The fourth-order valence-corrected chi connectivity index (χ4v) is 3.13. The summed E-state index contributed by atoms with van der Waals surface area (Å²) in [6, 6.07) is 10.2. The maximum Gasteiger partial charge on any atom is 0.244 e. The van der Waals surface area contributed by atoms with Crippen LogP contribution in [0.2, 0.25) is 0 Å². The molecule has 106 valence electrons. The summed E-state index contributed by atoms with van der Waals surface area (Å²) < 4.78 is 6.25. The molecule has 3 heterocycles. The molecule has 2 aromatic heterocycles. The second kappa shape index (κ2) is 5.20. The van der Waals surface area contributed by atoms with E-state index in [0.29, 0.717) is 17.4 Å². The Hall–Kier alpha value is -1.79. The van der Waals surface area contributed by atoms with Crippen LogP contribution in [0.4, 0.5) is 0 Å². The van der Waals surface area contributed by atoms with Gasteiger partial charge in [0.25, 0.3) is 0 Å². The third-order valence-corrected chi connectivity index (χ3v) is 4.29. The summed E-state index contributed by atoms with van der Waals surface area (Å²) in [7, 11) is 0. The van der Waals surface area contributed by atoms with Crippen LogP contribution in [0.3, 0.4) is 0 Å². The normalized spacial score (nSPS) is 18.4. The van der Waals surface area contributed by atoms with Crippen LogP contribution >= 0.6 is 15.9 Å². The summed E-state index contributed by atoms with van der Waals surface area (Å²) in [6.45, 7) is 1.00. The SMILES string of the molecule is Brc1cc2ccccc2nc1-c1noc([C@@H]2CCCN2)n1. The van der Waals surface area contributed by atoms with Crippen molar-refractivity contribution in [1.82, 2.24) is 20.4 Å². The van der Waals surface area contributed by atoms with Crippen molar-refractivity contribution in [3.63, 3.8) is 0 Å². The Balaban J connectivity index is 1.77. The van der Waals surface area contributed by atoms with E-state index in [9.17, 15) is 0 Å². The van der Waals surface area contributed by atoms with Gasteiger partial charge in [-0.3, -0.25) is 0 Å². The molecule has 0 radical (unpaired) electrons. The molecular formula is C15H13BrN4O. The first-order valence-corrected chi connectivity index (χ1v) is 7.73. The zero-order chi connectivity index (χ0) is 14.2. The quantitative estimate of drug-likeness (QED) is 0.771. The molecule has 1 aliphatic rings. The minimum absolute atomic E-state index is 0.172. The van der Waals surface area contributed by atoms with Gasteiger partial charge in [-0.25, -0.2) is 4.98 Å². The summed E-state index contributed by atoms with van der Waals surface area (Å²) in [5, 5.41) is 8.51. The molecule has 0 unspecified atom stereocenters. The Kier molecular flexibility index (Phi) is 3.20. The van der Waals surface area contributed by atoms with Crippen LogP contribution in [0.5, 0.6) is 0 Å². The Morgan fingerprint density at radius 3 is 3.00 bits per heavy atom. The minimum Gasteiger partial charge on any atom is -0.337 e. The summed E-state index contributed by atoms with van der Waals surface area (Å²) in [6.07, 6.45) is 2.17. The first-order valence-electron chi connectivity index (χ1n) is 6.94. The summed E-state index contributed by atoms with van der Waals surface area (Å²) >= 11 is 3.55. The van der Waals surface area contributed by atoms with E-state index in [0.717, 1.165) is 34.8 Å². The number of fused-ring (bicyclic) bond motifs is 1. The van der Waals surface area contributed by atoms with E-state index in [1.54, 1.807) is 0 Å². The number of hydrogen-bond donors (Lipinski definition) is 1. The summed E-state index contributed by atoms with van der Waals surface area (Å²) in [4.78, 5) is 9.13. The van der Waals surface area contributed by atoms with Gasteiger partial charge in [-0.2, -0.15) is 4.98 Å². The standard InChI is InChI=1S/C15H13BrN4O/c16-10-8-9-4-1-2-5-11(9)18-13(10)14-19-15(21-20-14)12-6-3-7-17-12/h1-2,4-5,8,12,17H,3,6-7H2/t12-/m0/s1. The molecular weight excluding hydrogens is 332 g/mol. The van der Waals surface area contributed by atoms with E-state index < -0.39 is 0 Å². The molecule has 0 saturated carbocycles. The predicted molar refractivity (Wildman–Crippen MR) is 82.7 cm³/mol. The van der Waals surface area contributed by atoms with Crippen molar-refractivity contribution in [3.8, 4) is 11.5 Å². The van der Waals surface area contributed by atoms with Crippen LogP contribution < -0.4 is 5.32 Å². The van der Waals surface area contributed by atoms with E-state index in [1.165, 1.54) is 0 Å². The van der Waals surface area contributed by atoms with Crippen molar-refractivity contribution in [2.75, 3.05) is 6.54 Å². The lowest BCUT2D eigenvalue weighted by Crippen LogP contribution is -2.13. The molecule has 0 amide bonds. The molecule has 0 aliphatic carbocycles. The highest BCUT2D eigenvalue weighted by molar-refractivity contribution is 9.10. The molecule has 5 nitrogen and oxygen atoms in total. The van der Waals surface area contributed by atoms with E-state index in [-0.39, 0.29) is 6.04 Å². The zero-order valence-electron chi connectivity index (χ0n) is 11.2. The van der Waals surface area contributed by atoms with E-state index in [4.69, 9.17) is 4.52 Å². The number of rotatable bonds is 2. The van der Waals surface area contributed by atoms with Gasteiger partial charge in [-0.1, -0.05) is 23.4 Å². The van der Waals surface area contributed by atoms with E-state index in [2.05, 4.69) is 36.4 Å². The lowest BCUT2D eigenvalue weighted by atomic mass is 10.2. The fraction of sp³-hybridized carbons (Fsp3) is 0.267. The number of nitrogens with one attached hydrogen (secondary N) is 1. The predicted octanol–water partition coefficient (Wildman–Crippen LogP) is 3.47. The molecule has 1 aromatic carbocycles. The maximum atomic E-state index is 5.39. The molecule has 1 saturated heterocycles. The minimum atomic E-state index is 0.172. The zero-order valence-corrected chi connectivity index (χ0v) is 12.8. The fourth-order valence-electron chi connectivity index (χ4n) is 2.62. The van der Waals surface area contributed by atoms with Gasteiger partial charge < -0.3 is 9.84 Å². The van der Waals surface area contributed by atoms with Crippen molar-refractivity contribution in [2.24, 2.45) is 0 Å². The lowest BCUT2D eigenvalue weighted by Gasteiger charge is -2.03. The number of hydrogen-bond acceptors (Lipinski definition) is 5. The van der Waals surface area contributed by atoms with Crippen LogP contribution in [0.25, 0.3) is 22.4 Å². The maximum absolute atomic E-state index is 5.39. The molecule has 0 spiro atoms. The number of nitrogens with zero attached hydrogens (tertiary/aromatic N) is 3. The topological polar surface area (TPSA) is 63.8 Å². The second-order valence-corrected chi connectivity index (χ2v) is 5.97. The van der Waals surface area contributed by atoms with Crippen molar-refractivity contribution in [3.05, 3.63) is 40.7 Å². The van der Waals surface area contributed by atoms with Crippen molar-refractivity contribution < 1.29 is 4.52 Å². The molecule has 6 heteroatoms. The third-order valence-electron chi connectivity index (χ3n) is 3.69. The van der Waals surface area contributed by atoms with Gasteiger partial charge in [0.2, 0.25) is 11.7 Å². The lowest BCUT2D eigenvalue weighted by molar-refractivity contribution is 0.345. The van der Waals surface area contributed by atoms with Gasteiger partial charge in [0, 0.05) is 9.86 Å². The highest BCUT2D eigenvalue weighted by atomic mass is 79.9. The number of benzene rings is 1. The molecule has 21 heavy (non-hydrogen) atoms. The second-order valence-electron chi connectivity index (χ2n) is 5.12. The van der Waals surface area contributed by atoms with Gasteiger partial charge in [0.1, 0.15) is 5.69 Å². The first-order chi connectivity index (χ1) is 10.3. The van der Waals surface area contributed by atoms with Crippen LogP contribution in [0, 0.1) is 0 Å². The monoisotopic (exact) mass is 344 g/mol. The van der Waals surface area contributed by atoms with Crippen molar-refractivity contribution in [1.29, 1.82) is 0 Å². The Morgan fingerprint density at radius 2 is 2.14 bits per heavy atom.